The number of halogens is 1. The van der Waals surface area contributed by atoms with E-state index in [-0.39, 0.29) is 11.8 Å². The smallest absolute Gasteiger partial charge is 0.230 e. The van der Waals surface area contributed by atoms with Crippen molar-refractivity contribution < 1.29 is 4.79 Å². The fraction of sp³-hybridized carbons (Fsp3) is 0.138. The van der Waals surface area contributed by atoms with E-state index in [2.05, 4.69) is 29.2 Å². The molecule has 3 aromatic carbocycles. The predicted octanol–water partition coefficient (Wildman–Crippen LogP) is 7.41. The van der Waals surface area contributed by atoms with Gasteiger partial charge < -0.3 is 0 Å². The number of anilines is 1. The monoisotopic (exact) mass is 497 g/mol. The molecule has 6 heteroatoms. The molecule has 0 saturated carbocycles. The Hall–Kier alpha value is -3.54. The Bertz CT molecular complexity index is 1400. The van der Waals surface area contributed by atoms with Crippen molar-refractivity contribution in [3.63, 3.8) is 0 Å². The lowest BCUT2D eigenvalue weighted by Gasteiger charge is -2.24. The summed E-state index contributed by atoms with van der Waals surface area (Å²) in [5.41, 5.74) is 4.78. The SMILES string of the molecule is Cc1c(Cl)ccc2sc(N(Cc3ccccn3)C(=O)CC(c3ccccc3)c3ccccc3)nc12. The zero-order valence-electron chi connectivity index (χ0n) is 19.3. The van der Waals surface area contributed by atoms with Gasteiger partial charge in [0.1, 0.15) is 0 Å². The summed E-state index contributed by atoms with van der Waals surface area (Å²) >= 11 is 7.85. The van der Waals surface area contributed by atoms with E-state index >= 15 is 0 Å². The summed E-state index contributed by atoms with van der Waals surface area (Å²) in [5.74, 6) is -0.0714. The number of thiazole rings is 1. The van der Waals surface area contributed by atoms with Gasteiger partial charge in [0.2, 0.25) is 5.91 Å². The van der Waals surface area contributed by atoms with Crippen molar-refractivity contribution in [1.82, 2.24) is 9.97 Å². The van der Waals surface area contributed by atoms with Gasteiger partial charge in [-0.25, -0.2) is 4.98 Å². The van der Waals surface area contributed by atoms with Gasteiger partial charge in [-0.05, 0) is 47.9 Å². The molecule has 0 N–H and O–H groups in total. The van der Waals surface area contributed by atoms with Crippen molar-refractivity contribution >= 4 is 44.2 Å². The highest BCUT2D eigenvalue weighted by Crippen LogP contribution is 2.36. The third kappa shape index (κ3) is 5.11. The molecule has 0 aliphatic carbocycles. The van der Waals surface area contributed by atoms with E-state index in [1.807, 2.05) is 73.7 Å². The van der Waals surface area contributed by atoms with Crippen LogP contribution in [0, 0.1) is 6.92 Å². The van der Waals surface area contributed by atoms with Crippen LogP contribution in [0.4, 0.5) is 5.13 Å². The molecule has 0 unspecified atom stereocenters. The predicted molar refractivity (Wildman–Crippen MR) is 144 cm³/mol. The number of carbonyl (C=O) groups excluding carboxylic acids is 1. The van der Waals surface area contributed by atoms with Crippen molar-refractivity contribution in [2.24, 2.45) is 0 Å². The molecule has 35 heavy (non-hydrogen) atoms. The first-order valence-electron chi connectivity index (χ1n) is 11.5. The topological polar surface area (TPSA) is 46.1 Å². The van der Waals surface area contributed by atoms with E-state index in [4.69, 9.17) is 16.6 Å². The molecule has 0 aliphatic heterocycles. The Morgan fingerprint density at radius 3 is 2.20 bits per heavy atom. The first-order valence-corrected chi connectivity index (χ1v) is 12.7. The van der Waals surface area contributed by atoms with Crippen molar-refractivity contribution in [3.05, 3.63) is 125 Å². The van der Waals surface area contributed by atoms with Crippen LogP contribution in [-0.4, -0.2) is 15.9 Å². The average molecular weight is 498 g/mol. The number of carbonyl (C=O) groups is 1. The maximum Gasteiger partial charge on any atom is 0.230 e. The van der Waals surface area contributed by atoms with Crippen LogP contribution in [0.2, 0.25) is 5.02 Å². The number of pyridine rings is 1. The summed E-state index contributed by atoms with van der Waals surface area (Å²) in [6.45, 7) is 2.31. The number of amides is 1. The van der Waals surface area contributed by atoms with Crippen LogP contribution in [0.5, 0.6) is 0 Å². The standard InChI is InChI=1S/C29H24ClN3OS/c1-20-25(30)15-16-26-28(20)32-29(35-26)33(19-23-14-8-9-17-31-23)27(34)18-24(21-10-4-2-5-11-21)22-12-6-3-7-13-22/h2-17,24H,18-19H2,1H3. The van der Waals surface area contributed by atoms with E-state index < -0.39 is 0 Å². The van der Waals surface area contributed by atoms with Gasteiger partial charge in [-0.2, -0.15) is 0 Å². The molecule has 0 radical (unpaired) electrons. The minimum atomic E-state index is -0.0679. The third-order valence-electron chi connectivity index (χ3n) is 6.10. The Labute approximate surface area is 213 Å². The Kier molecular flexibility index (Phi) is 6.89. The van der Waals surface area contributed by atoms with E-state index in [1.54, 1.807) is 11.1 Å². The van der Waals surface area contributed by atoms with Crippen LogP contribution in [0.3, 0.4) is 0 Å². The number of nitrogens with zero attached hydrogens (tertiary/aromatic N) is 3. The second-order valence-electron chi connectivity index (χ2n) is 8.39. The second kappa shape index (κ2) is 10.4. The molecule has 0 aliphatic rings. The Balaban J connectivity index is 1.54. The molecule has 5 rings (SSSR count). The van der Waals surface area contributed by atoms with Crippen LogP contribution < -0.4 is 4.90 Å². The van der Waals surface area contributed by atoms with Crippen molar-refractivity contribution in [2.45, 2.75) is 25.8 Å². The van der Waals surface area contributed by atoms with Crippen LogP contribution >= 0.6 is 22.9 Å². The summed E-state index contributed by atoms with van der Waals surface area (Å²) in [7, 11) is 0. The lowest BCUT2D eigenvalue weighted by atomic mass is 9.88. The number of hydrogen-bond donors (Lipinski definition) is 0. The number of hydrogen-bond acceptors (Lipinski definition) is 4. The fourth-order valence-electron chi connectivity index (χ4n) is 4.20. The van der Waals surface area contributed by atoms with Crippen molar-refractivity contribution in [3.8, 4) is 0 Å². The summed E-state index contributed by atoms with van der Waals surface area (Å²) in [6, 6.07) is 30.0. The zero-order valence-corrected chi connectivity index (χ0v) is 20.8. The highest BCUT2D eigenvalue weighted by Gasteiger charge is 2.26. The van der Waals surface area contributed by atoms with Crippen LogP contribution in [0.15, 0.2) is 97.2 Å². The lowest BCUT2D eigenvalue weighted by molar-refractivity contribution is -0.119. The molecule has 4 nitrogen and oxygen atoms in total. The van der Waals surface area contributed by atoms with Gasteiger partial charge in [0.25, 0.3) is 0 Å². The summed E-state index contributed by atoms with van der Waals surface area (Å²) < 4.78 is 1.00. The van der Waals surface area contributed by atoms with E-state index in [1.165, 1.54) is 11.3 Å². The molecule has 2 aromatic heterocycles. The molecule has 0 spiro atoms. The molecular formula is C29H24ClN3OS. The van der Waals surface area contributed by atoms with Gasteiger partial charge in [-0.1, -0.05) is 89.7 Å². The summed E-state index contributed by atoms with van der Waals surface area (Å²) in [6.07, 6.45) is 2.06. The lowest BCUT2D eigenvalue weighted by Crippen LogP contribution is -2.32. The number of rotatable bonds is 7. The largest absolute Gasteiger partial charge is 0.282 e. The quantitative estimate of drug-likeness (QED) is 0.235. The van der Waals surface area contributed by atoms with E-state index in [0.29, 0.717) is 23.1 Å². The maximum atomic E-state index is 14.0. The van der Waals surface area contributed by atoms with Gasteiger partial charge in [0.15, 0.2) is 5.13 Å². The zero-order chi connectivity index (χ0) is 24.2. The second-order valence-corrected chi connectivity index (χ2v) is 9.81. The van der Waals surface area contributed by atoms with Crippen molar-refractivity contribution in [2.75, 3.05) is 4.90 Å². The summed E-state index contributed by atoms with van der Waals surface area (Å²) in [4.78, 5) is 25.1. The van der Waals surface area contributed by atoms with Crippen LogP contribution in [-0.2, 0) is 11.3 Å². The molecule has 0 bridgehead atoms. The molecule has 174 valence electrons. The van der Waals surface area contributed by atoms with Gasteiger partial charge in [-0.15, -0.1) is 0 Å². The van der Waals surface area contributed by atoms with Gasteiger partial charge in [0, 0.05) is 23.6 Å². The average Bonchev–Trinajstić information content (AvgIpc) is 3.34. The molecule has 0 fully saturated rings. The number of aryl methyl sites for hydroxylation is 1. The normalized spacial score (nSPS) is 11.2. The van der Waals surface area contributed by atoms with Gasteiger partial charge in [-0.3, -0.25) is 14.7 Å². The first-order chi connectivity index (χ1) is 17.1. The van der Waals surface area contributed by atoms with E-state index in [0.717, 1.165) is 32.6 Å². The van der Waals surface area contributed by atoms with Gasteiger partial charge >= 0.3 is 0 Å². The molecule has 1 amide bonds. The molecule has 2 heterocycles. The highest BCUT2D eigenvalue weighted by atomic mass is 35.5. The van der Waals surface area contributed by atoms with Crippen LogP contribution in [0.25, 0.3) is 10.2 Å². The maximum absolute atomic E-state index is 14.0. The fourth-order valence-corrected chi connectivity index (χ4v) is 5.40. The molecule has 0 saturated heterocycles. The molecule has 0 atom stereocenters. The number of benzene rings is 3. The summed E-state index contributed by atoms with van der Waals surface area (Å²) in [5, 5.41) is 1.33. The van der Waals surface area contributed by atoms with Gasteiger partial charge in [0.05, 0.1) is 22.5 Å². The third-order valence-corrected chi connectivity index (χ3v) is 7.55. The highest BCUT2D eigenvalue weighted by molar-refractivity contribution is 7.22. The molecular weight excluding hydrogens is 474 g/mol. The van der Waals surface area contributed by atoms with E-state index in [9.17, 15) is 4.79 Å². The van der Waals surface area contributed by atoms with Crippen molar-refractivity contribution in [1.29, 1.82) is 0 Å². The van der Waals surface area contributed by atoms with Crippen LogP contribution in [0.1, 0.15) is 34.7 Å². The Morgan fingerprint density at radius 1 is 0.914 bits per heavy atom. The minimum Gasteiger partial charge on any atom is -0.282 e. The minimum absolute atomic E-state index is 0.00355. The Morgan fingerprint density at radius 2 is 1.57 bits per heavy atom. The number of fused-ring (bicyclic) bond motifs is 1. The molecule has 5 aromatic rings. The first kappa shape index (κ1) is 23.2. The number of aromatic nitrogens is 2.